The number of rotatable bonds is 6. The lowest BCUT2D eigenvalue weighted by Gasteiger charge is -2.15. The average molecular weight is 324 g/mol. The first-order chi connectivity index (χ1) is 10.4. The van der Waals surface area contributed by atoms with Crippen LogP contribution in [0, 0.1) is 11.3 Å². The molecule has 0 heterocycles. The lowest BCUT2D eigenvalue weighted by molar-refractivity contribution is -0.137. The van der Waals surface area contributed by atoms with Crippen LogP contribution in [0.5, 0.6) is 11.5 Å². The summed E-state index contributed by atoms with van der Waals surface area (Å²) in [5.41, 5.74) is 0.336. The van der Waals surface area contributed by atoms with Gasteiger partial charge in [0.05, 0.1) is 24.8 Å². The van der Waals surface area contributed by atoms with Gasteiger partial charge in [-0.1, -0.05) is 11.6 Å². The van der Waals surface area contributed by atoms with Crippen molar-refractivity contribution in [3.8, 4) is 17.6 Å². The molecule has 1 aromatic rings. The number of nitriles is 1. The molecule has 22 heavy (non-hydrogen) atoms. The Labute approximate surface area is 135 Å². The number of nitrogens with zero attached hydrogens (tertiary/aromatic N) is 1. The van der Waals surface area contributed by atoms with Crippen LogP contribution in [0.1, 0.15) is 26.3 Å². The number of methoxy groups -OCH3 is 1. The summed E-state index contributed by atoms with van der Waals surface area (Å²) in [7, 11) is 1.50. The third kappa shape index (κ3) is 4.68. The molecule has 0 aromatic heterocycles. The van der Waals surface area contributed by atoms with Crippen molar-refractivity contribution < 1.29 is 19.0 Å². The van der Waals surface area contributed by atoms with Crippen LogP contribution in [-0.2, 0) is 9.53 Å². The Balaban J connectivity index is 3.25. The molecule has 0 spiro atoms. The number of ether oxygens (including phenoxy) is 3. The SMILES string of the molecule is CCOC(=O)/C(C#N)=C/c1cc(OC)c(OC(C)C)cc1Cl. The van der Waals surface area contributed by atoms with Crippen LogP contribution < -0.4 is 9.47 Å². The fraction of sp³-hybridized carbons (Fsp3) is 0.375. The van der Waals surface area contributed by atoms with Gasteiger partial charge in [0.1, 0.15) is 11.6 Å². The largest absolute Gasteiger partial charge is 0.493 e. The van der Waals surface area contributed by atoms with Crippen LogP contribution in [0.25, 0.3) is 6.08 Å². The normalized spacial score (nSPS) is 11.0. The summed E-state index contributed by atoms with van der Waals surface area (Å²) in [6.07, 6.45) is 1.32. The fourth-order valence-corrected chi connectivity index (χ4v) is 1.88. The Hall–Kier alpha value is -2.19. The van der Waals surface area contributed by atoms with Crippen LogP contribution in [-0.4, -0.2) is 25.8 Å². The molecule has 0 fully saturated rings. The Kier molecular flexibility index (Phi) is 6.74. The summed E-state index contributed by atoms with van der Waals surface area (Å²) in [6.45, 7) is 5.63. The van der Waals surface area contributed by atoms with Gasteiger partial charge in [-0.2, -0.15) is 5.26 Å². The van der Waals surface area contributed by atoms with Crippen LogP contribution in [0.4, 0.5) is 0 Å². The molecule has 6 heteroatoms. The zero-order valence-electron chi connectivity index (χ0n) is 13.0. The predicted molar refractivity (Wildman–Crippen MR) is 84.0 cm³/mol. The highest BCUT2D eigenvalue weighted by Crippen LogP contribution is 2.35. The van der Waals surface area contributed by atoms with E-state index in [2.05, 4.69) is 0 Å². The van der Waals surface area contributed by atoms with Gasteiger partial charge in [-0.05, 0) is 38.5 Å². The molecule has 0 N–H and O–H groups in total. The quantitative estimate of drug-likeness (QED) is 0.454. The second-order valence-electron chi connectivity index (χ2n) is 4.58. The van der Waals surface area contributed by atoms with Crippen LogP contribution in [0.15, 0.2) is 17.7 Å². The Morgan fingerprint density at radius 3 is 2.59 bits per heavy atom. The van der Waals surface area contributed by atoms with Crippen molar-refractivity contribution in [2.75, 3.05) is 13.7 Å². The van der Waals surface area contributed by atoms with Crippen molar-refractivity contribution >= 4 is 23.6 Å². The van der Waals surface area contributed by atoms with E-state index < -0.39 is 5.97 Å². The minimum Gasteiger partial charge on any atom is -0.493 e. The molecule has 118 valence electrons. The van der Waals surface area contributed by atoms with Crippen molar-refractivity contribution in [1.29, 1.82) is 5.26 Å². The molecule has 0 radical (unpaired) electrons. The highest BCUT2D eigenvalue weighted by molar-refractivity contribution is 6.32. The predicted octanol–water partition coefficient (Wildman–Crippen LogP) is 3.61. The van der Waals surface area contributed by atoms with Crippen molar-refractivity contribution in [2.24, 2.45) is 0 Å². The molecule has 0 unspecified atom stereocenters. The van der Waals surface area contributed by atoms with Crippen LogP contribution in [0.3, 0.4) is 0 Å². The first-order valence-electron chi connectivity index (χ1n) is 6.76. The van der Waals surface area contributed by atoms with Gasteiger partial charge in [0.2, 0.25) is 0 Å². The number of esters is 1. The first-order valence-corrected chi connectivity index (χ1v) is 7.13. The fourth-order valence-electron chi connectivity index (χ4n) is 1.67. The molecular weight excluding hydrogens is 306 g/mol. The van der Waals surface area contributed by atoms with E-state index in [1.165, 1.54) is 13.2 Å². The summed E-state index contributed by atoms with van der Waals surface area (Å²) >= 11 is 6.18. The Morgan fingerprint density at radius 2 is 2.09 bits per heavy atom. The van der Waals surface area contributed by atoms with Crippen LogP contribution >= 0.6 is 11.6 Å². The smallest absolute Gasteiger partial charge is 0.348 e. The Morgan fingerprint density at radius 1 is 1.41 bits per heavy atom. The molecule has 0 aliphatic carbocycles. The van der Waals surface area contributed by atoms with Crippen molar-refractivity contribution in [2.45, 2.75) is 26.9 Å². The van der Waals surface area contributed by atoms with Gasteiger partial charge in [0, 0.05) is 6.07 Å². The van der Waals surface area contributed by atoms with Gasteiger partial charge < -0.3 is 14.2 Å². The average Bonchev–Trinajstić information content (AvgIpc) is 2.46. The minimum absolute atomic E-state index is 0.0411. The number of hydrogen-bond donors (Lipinski definition) is 0. The maximum atomic E-state index is 11.6. The molecule has 1 aromatic carbocycles. The molecule has 0 amide bonds. The molecule has 1 rings (SSSR count). The van der Waals surface area contributed by atoms with Gasteiger partial charge in [-0.25, -0.2) is 4.79 Å². The zero-order chi connectivity index (χ0) is 16.7. The van der Waals surface area contributed by atoms with E-state index in [0.717, 1.165) is 0 Å². The highest BCUT2D eigenvalue weighted by Gasteiger charge is 2.14. The van der Waals surface area contributed by atoms with Crippen molar-refractivity contribution in [1.82, 2.24) is 0 Å². The lowest BCUT2D eigenvalue weighted by Crippen LogP contribution is -2.07. The third-order valence-electron chi connectivity index (χ3n) is 2.56. The van der Waals surface area contributed by atoms with Gasteiger partial charge in [0.15, 0.2) is 11.5 Å². The molecule has 0 saturated heterocycles. The topological polar surface area (TPSA) is 68.6 Å². The first kappa shape index (κ1) is 17.9. The zero-order valence-corrected chi connectivity index (χ0v) is 13.7. The second-order valence-corrected chi connectivity index (χ2v) is 4.99. The summed E-state index contributed by atoms with van der Waals surface area (Å²) in [5, 5.41) is 9.40. The maximum Gasteiger partial charge on any atom is 0.348 e. The summed E-state index contributed by atoms with van der Waals surface area (Å²) in [4.78, 5) is 11.6. The number of carbonyl (C=O) groups excluding carboxylic acids is 1. The standard InChI is InChI=1S/C16H18ClNO4/c1-5-21-16(19)12(9-18)6-11-7-14(20-4)15(8-13(11)17)22-10(2)3/h6-8,10H,5H2,1-4H3/b12-6+. The second kappa shape index (κ2) is 8.30. The monoisotopic (exact) mass is 323 g/mol. The van der Waals surface area contributed by atoms with Gasteiger partial charge >= 0.3 is 5.97 Å². The van der Waals surface area contributed by atoms with E-state index in [0.29, 0.717) is 22.1 Å². The number of halogens is 1. The van der Waals surface area contributed by atoms with Gasteiger partial charge in [-0.15, -0.1) is 0 Å². The van der Waals surface area contributed by atoms with E-state index in [9.17, 15) is 4.79 Å². The third-order valence-corrected chi connectivity index (χ3v) is 2.89. The highest BCUT2D eigenvalue weighted by atomic mass is 35.5. The Bertz CT molecular complexity index is 617. The maximum absolute atomic E-state index is 11.6. The molecule has 0 saturated carbocycles. The van der Waals surface area contributed by atoms with Gasteiger partial charge in [-0.3, -0.25) is 0 Å². The van der Waals surface area contributed by atoms with Crippen molar-refractivity contribution in [3.63, 3.8) is 0 Å². The number of carbonyl (C=O) groups is 1. The number of hydrogen-bond acceptors (Lipinski definition) is 5. The van der Waals surface area contributed by atoms with Gasteiger partial charge in [0.25, 0.3) is 0 Å². The summed E-state index contributed by atoms with van der Waals surface area (Å²) in [5.74, 6) is 0.266. The molecule has 0 bridgehead atoms. The molecule has 5 nitrogen and oxygen atoms in total. The van der Waals surface area contributed by atoms with E-state index in [1.54, 1.807) is 25.1 Å². The molecule has 0 aliphatic rings. The molecule has 0 aliphatic heterocycles. The van der Waals surface area contributed by atoms with E-state index in [1.807, 2.05) is 13.8 Å². The molecule has 0 atom stereocenters. The summed E-state index contributed by atoms with van der Waals surface area (Å²) in [6, 6.07) is 5.00. The minimum atomic E-state index is -0.692. The van der Waals surface area contributed by atoms with E-state index in [4.69, 9.17) is 31.1 Å². The van der Waals surface area contributed by atoms with E-state index >= 15 is 0 Å². The molecular formula is C16H18ClNO4. The summed E-state index contributed by atoms with van der Waals surface area (Å²) < 4.78 is 15.7. The van der Waals surface area contributed by atoms with Crippen molar-refractivity contribution in [3.05, 3.63) is 28.3 Å². The van der Waals surface area contributed by atoms with Crippen LogP contribution in [0.2, 0.25) is 5.02 Å². The van der Waals surface area contributed by atoms with E-state index in [-0.39, 0.29) is 18.3 Å². The number of benzene rings is 1. The lowest BCUT2D eigenvalue weighted by atomic mass is 10.1.